The number of carbonyl (C=O) groups is 1. The molecule has 6 fully saturated rings. The molecule has 608 valence electrons. The van der Waals surface area contributed by atoms with Crippen molar-refractivity contribution in [2.24, 2.45) is 0 Å². The second-order valence-electron chi connectivity index (χ2n) is 32.0. The van der Waals surface area contributed by atoms with Gasteiger partial charge >= 0.3 is 0 Å². The monoisotopic (exact) mass is 1590 g/mol. The average molecular weight is 1590 g/mol. The molecule has 0 aliphatic carbocycles. The second-order valence-corrected chi connectivity index (χ2v) is 32.0. The van der Waals surface area contributed by atoms with Crippen LogP contribution in [0.5, 0.6) is 23.0 Å². The number of fused-ring (bicyclic) bond motifs is 22. The molecule has 11 aliphatic heterocycles. The topological polar surface area (TPSA) is 237 Å². The molecule has 23 rings (SSSR count). The average Bonchev–Trinajstić information content (AvgIpc) is 1.68. The van der Waals surface area contributed by atoms with Gasteiger partial charge in [0.15, 0.2) is 22.6 Å². The molecular weight excluding hydrogens is 1500 g/mol. The standard InChI is InChI=1S/C23H27FN6O.C22H25FN6O.C21H23FN6O2.C19H20FN5O/c1-27-9-10-28-13-16-3-2-7-29(16)15-18(14-28)31-17-4-5-21(24)19(11-17)20-12-25-30-8-6-22(27)26-23(20)30;23-20-4-3-17-10-18(20)19-11-25-29-8-5-21(26-22(19)29)24-6-9-28-12-15-2-1-7-27(15)13-16(28)14-30-17;1-14(29)27-9-8-26-7-5-23-20-4-6-28-21(25-20)18(11-24-28)17-10-16(2-3-19(17)22)30-13-15(26)12-27;20-17-2-1-14-11-15(17)16-12-22-25-9-5-18(23-19(16)25)21-6-10-24-7-3-13(26-14)4-8-24/h4-6,8,11-12,16,18H,2-3,7,9-10,13-15H2,1H3;3-5,8,10-11,15-16H,1-2,6-7,9,12-14H2,(H,24,26);2-4,6,10-11,15H,5,7-9,12-13H2,1H3,(H,23,25);1-2,5,9,11-13H,3-4,6-8,10H2,(H,21,23)/t16-,18+;15-,16-;15-;/m011./s1. The number of aromatic nitrogens is 12. The number of nitrogens with zero attached hydrogens (tertiary/aromatic N) is 20. The van der Waals surface area contributed by atoms with Gasteiger partial charge in [-0.1, -0.05) is 0 Å². The van der Waals surface area contributed by atoms with E-state index in [1.807, 2.05) is 54.0 Å². The molecule has 32 heteroatoms. The normalized spacial score (nSPS) is 23.4. The van der Waals surface area contributed by atoms with E-state index in [0.29, 0.717) is 147 Å². The van der Waals surface area contributed by atoms with Crippen molar-refractivity contribution in [3.63, 3.8) is 0 Å². The van der Waals surface area contributed by atoms with Crippen LogP contribution in [0.25, 0.3) is 67.1 Å². The zero-order valence-corrected chi connectivity index (χ0v) is 65.6. The number of hydrogen-bond donors (Lipinski definition) is 3. The Labute approximate surface area is 673 Å². The summed E-state index contributed by atoms with van der Waals surface area (Å²) in [5.74, 6) is 4.62. The maximum atomic E-state index is 14.9. The van der Waals surface area contributed by atoms with Crippen LogP contribution in [-0.4, -0.2) is 286 Å². The zero-order chi connectivity index (χ0) is 79.2. The van der Waals surface area contributed by atoms with Gasteiger partial charge in [0.2, 0.25) is 5.91 Å². The summed E-state index contributed by atoms with van der Waals surface area (Å²) in [6.07, 6.45) is 21.3. The minimum atomic E-state index is -0.355. The third kappa shape index (κ3) is 16.3. The summed E-state index contributed by atoms with van der Waals surface area (Å²) >= 11 is 0. The Balaban J connectivity index is 0.000000104. The smallest absolute Gasteiger partial charge is 0.219 e. The molecule has 3 N–H and O–H groups in total. The predicted octanol–water partition coefficient (Wildman–Crippen LogP) is 9.68. The second kappa shape index (κ2) is 33.0. The maximum absolute atomic E-state index is 14.9. The lowest BCUT2D eigenvalue weighted by Crippen LogP contribution is -2.58. The summed E-state index contributed by atoms with van der Waals surface area (Å²) in [6, 6.07) is 28.9. The van der Waals surface area contributed by atoms with E-state index in [-0.39, 0.29) is 47.4 Å². The highest BCUT2D eigenvalue weighted by Crippen LogP contribution is 2.38. The van der Waals surface area contributed by atoms with Gasteiger partial charge in [-0.2, -0.15) is 20.4 Å². The quantitative estimate of drug-likeness (QED) is 0.120. The lowest BCUT2D eigenvalue weighted by molar-refractivity contribution is -0.132. The van der Waals surface area contributed by atoms with E-state index in [0.717, 1.165) is 135 Å². The molecule has 0 radical (unpaired) electrons. The third-order valence-corrected chi connectivity index (χ3v) is 24.5. The molecule has 117 heavy (non-hydrogen) atoms. The predicted molar refractivity (Wildman–Crippen MR) is 436 cm³/mol. The number of nitrogens with one attached hydrogen (secondary N) is 3. The van der Waals surface area contributed by atoms with Crippen LogP contribution in [0.4, 0.5) is 40.8 Å². The minimum absolute atomic E-state index is 0.0535. The van der Waals surface area contributed by atoms with Crippen LogP contribution in [0, 0.1) is 23.3 Å². The van der Waals surface area contributed by atoms with Gasteiger partial charge in [-0.05, 0) is 149 Å². The van der Waals surface area contributed by atoms with E-state index in [9.17, 15) is 22.4 Å². The van der Waals surface area contributed by atoms with Crippen LogP contribution in [0.3, 0.4) is 0 Å². The fourth-order valence-corrected chi connectivity index (χ4v) is 18.1. The number of piperidine rings is 1. The number of carbonyl (C=O) groups excluding carboxylic acids is 1. The van der Waals surface area contributed by atoms with E-state index >= 15 is 0 Å². The van der Waals surface area contributed by atoms with Crippen LogP contribution in [0.15, 0.2) is 147 Å². The first kappa shape index (κ1) is 75.7. The summed E-state index contributed by atoms with van der Waals surface area (Å²) in [6.45, 7) is 20.9. The number of amides is 1. The first-order valence-electron chi connectivity index (χ1n) is 41.0. The maximum Gasteiger partial charge on any atom is 0.219 e. The van der Waals surface area contributed by atoms with Gasteiger partial charge in [-0.15, -0.1) is 0 Å². The fraction of sp³-hybridized carbons (Fsp3) is 0.424. The Morgan fingerprint density at radius 1 is 0.385 bits per heavy atom. The van der Waals surface area contributed by atoms with Crippen molar-refractivity contribution in [1.82, 2.24) is 92.7 Å². The molecule has 0 saturated carbocycles. The molecule has 0 spiro atoms. The summed E-state index contributed by atoms with van der Waals surface area (Å²) in [5.41, 5.74) is 6.91. The van der Waals surface area contributed by atoms with Gasteiger partial charge in [0.1, 0.15) is 95.0 Å². The number of halogens is 4. The van der Waals surface area contributed by atoms with E-state index in [1.54, 1.807) is 98.3 Å². The highest BCUT2D eigenvalue weighted by atomic mass is 19.1. The number of rotatable bonds is 0. The van der Waals surface area contributed by atoms with Crippen molar-refractivity contribution >= 4 is 51.8 Å². The van der Waals surface area contributed by atoms with Crippen molar-refractivity contribution < 1.29 is 41.3 Å². The number of ether oxygens (including phenoxy) is 4. The van der Waals surface area contributed by atoms with Gasteiger partial charge in [0.25, 0.3) is 0 Å². The van der Waals surface area contributed by atoms with E-state index in [4.69, 9.17) is 28.9 Å². The molecule has 6 saturated heterocycles. The molecule has 12 aromatic rings. The van der Waals surface area contributed by atoms with Crippen molar-refractivity contribution in [2.45, 2.75) is 81.8 Å². The van der Waals surface area contributed by atoms with E-state index in [1.165, 1.54) is 56.5 Å². The van der Waals surface area contributed by atoms with Gasteiger partial charge in [0.05, 0.1) is 36.9 Å². The minimum Gasteiger partial charge on any atom is -0.492 e. The molecule has 20 bridgehead atoms. The van der Waals surface area contributed by atoms with Gasteiger partial charge < -0.3 is 49.6 Å². The summed E-state index contributed by atoms with van der Waals surface area (Å²) in [7, 11) is 2.07. The molecule has 8 aromatic heterocycles. The molecule has 1 unspecified atom stereocenters. The summed E-state index contributed by atoms with van der Waals surface area (Å²) < 4.78 is 90.3. The Hall–Kier alpha value is -11.3. The SMILES string of the molecule is CC(=O)N1CCN2CCNc3ccn4ncc(c4n3)-c3cc(ccc3F)OC[C@H]2C1.CN1CCN2C[C@H](CN3CCC[C@H]3C2)Oc2ccc(F)c(c2)-c2cnn3ccc1nc23.Fc1ccc2cc1-c1cnn3ccc(nc13)NCCN1CCC(CC1)O2.Fc1ccc2cc1-c1cnn3ccc(nc13)NCCN1C[C@H]3CCCN3C[C@@H]1CO2. The number of benzene rings is 4. The number of likely N-dealkylation sites (N-methyl/N-ethyl adjacent to an activating group) is 1. The Bertz CT molecular complexity index is 5600. The Kier molecular flexibility index (Phi) is 21.4. The number of piperazine rings is 2. The van der Waals surface area contributed by atoms with Gasteiger partial charge in [-0.25, -0.2) is 55.6 Å². The summed E-state index contributed by atoms with van der Waals surface area (Å²) in [5, 5.41) is 27.5. The largest absolute Gasteiger partial charge is 0.492 e. The molecule has 19 heterocycles. The van der Waals surface area contributed by atoms with Crippen molar-refractivity contribution in [3.8, 4) is 67.5 Å². The Morgan fingerprint density at radius 3 is 1.35 bits per heavy atom. The lowest BCUT2D eigenvalue weighted by atomic mass is 10.1. The van der Waals surface area contributed by atoms with Crippen molar-refractivity contribution in [1.29, 1.82) is 0 Å². The van der Waals surface area contributed by atoms with Crippen LogP contribution in [-0.2, 0) is 4.79 Å². The third-order valence-electron chi connectivity index (χ3n) is 24.5. The van der Waals surface area contributed by atoms with Gasteiger partial charge in [0, 0.05) is 213 Å². The van der Waals surface area contributed by atoms with Crippen molar-refractivity contribution in [3.05, 3.63) is 170 Å². The molecular formula is C85H95F4N23O5. The van der Waals surface area contributed by atoms with Crippen molar-refractivity contribution in [2.75, 3.05) is 172 Å². The summed E-state index contributed by atoms with van der Waals surface area (Å²) in [4.78, 5) is 49.7. The molecule has 11 aliphatic rings. The highest BCUT2D eigenvalue weighted by Gasteiger charge is 2.38. The first-order valence-corrected chi connectivity index (χ1v) is 41.0. The van der Waals surface area contributed by atoms with E-state index in [2.05, 4.69) is 87.7 Å². The molecule has 1 amide bonds. The van der Waals surface area contributed by atoms with Crippen LogP contribution >= 0.6 is 0 Å². The molecule has 6 atom stereocenters. The van der Waals surface area contributed by atoms with Gasteiger partial charge in [-0.3, -0.25) is 29.3 Å². The number of anilines is 4. The van der Waals surface area contributed by atoms with Crippen LogP contribution in [0.1, 0.15) is 45.4 Å². The zero-order valence-electron chi connectivity index (χ0n) is 65.6. The number of hydrogen-bond acceptors (Lipinski definition) is 23. The Morgan fingerprint density at radius 2 is 0.821 bits per heavy atom. The first-order chi connectivity index (χ1) is 57.2. The molecule has 4 aromatic carbocycles. The lowest BCUT2D eigenvalue weighted by Gasteiger charge is -2.43. The fourth-order valence-electron chi connectivity index (χ4n) is 18.1. The van der Waals surface area contributed by atoms with Crippen LogP contribution in [0.2, 0.25) is 0 Å². The molecule has 28 nitrogen and oxygen atoms in total. The van der Waals surface area contributed by atoms with E-state index < -0.39 is 0 Å². The van der Waals surface area contributed by atoms with Crippen LogP contribution < -0.4 is 39.8 Å². The highest BCUT2D eigenvalue weighted by molar-refractivity contribution is 5.82.